The van der Waals surface area contributed by atoms with Gasteiger partial charge in [-0.3, -0.25) is 9.59 Å². The van der Waals surface area contributed by atoms with E-state index < -0.39 is 18.1 Å². The van der Waals surface area contributed by atoms with E-state index in [1.54, 1.807) is 0 Å². The van der Waals surface area contributed by atoms with Gasteiger partial charge in [-0.15, -0.1) is 0 Å². The highest BCUT2D eigenvalue weighted by Gasteiger charge is 2.34. The second-order valence-corrected chi connectivity index (χ2v) is 4.91. The molecule has 0 aromatic carbocycles. The molecule has 0 spiro atoms. The van der Waals surface area contributed by atoms with E-state index in [2.05, 4.69) is 5.32 Å². The summed E-state index contributed by atoms with van der Waals surface area (Å²) in [6, 6.07) is -0.428. The SMILES string of the molecule is O=C(O)CN(CC1CC1)C(=O)C1CC(O)CN1. The van der Waals surface area contributed by atoms with Crippen LogP contribution >= 0.6 is 0 Å². The molecule has 1 amide bonds. The highest BCUT2D eigenvalue weighted by molar-refractivity contribution is 5.85. The maximum absolute atomic E-state index is 12.1. The minimum Gasteiger partial charge on any atom is -0.480 e. The molecule has 6 heteroatoms. The molecule has 6 nitrogen and oxygen atoms in total. The van der Waals surface area contributed by atoms with Gasteiger partial charge in [0.25, 0.3) is 0 Å². The Hall–Kier alpha value is -1.14. The molecular formula is C11H18N2O4. The molecule has 1 saturated carbocycles. The molecule has 3 N–H and O–H groups in total. The first kappa shape index (κ1) is 12.3. The van der Waals surface area contributed by atoms with Crippen molar-refractivity contribution in [1.82, 2.24) is 10.2 Å². The number of carbonyl (C=O) groups is 2. The molecule has 1 aliphatic heterocycles. The number of carboxylic acid groups (broad SMARTS) is 1. The Morgan fingerprint density at radius 3 is 2.53 bits per heavy atom. The summed E-state index contributed by atoms with van der Waals surface area (Å²) >= 11 is 0. The molecule has 1 saturated heterocycles. The van der Waals surface area contributed by atoms with Gasteiger partial charge in [0.1, 0.15) is 6.54 Å². The molecule has 2 aliphatic rings. The summed E-state index contributed by atoms with van der Waals surface area (Å²) in [6.45, 7) is 0.684. The fourth-order valence-corrected chi connectivity index (χ4v) is 2.13. The Labute approximate surface area is 99.6 Å². The average molecular weight is 242 g/mol. The zero-order chi connectivity index (χ0) is 12.4. The van der Waals surface area contributed by atoms with Crippen molar-refractivity contribution in [2.24, 2.45) is 5.92 Å². The van der Waals surface area contributed by atoms with Gasteiger partial charge >= 0.3 is 5.97 Å². The van der Waals surface area contributed by atoms with Crippen LogP contribution in [0.5, 0.6) is 0 Å². The van der Waals surface area contributed by atoms with Crippen molar-refractivity contribution >= 4 is 11.9 Å². The van der Waals surface area contributed by atoms with E-state index >= 15 is 0 Å². The maximum atomic E-state index is 12.1. The molecule has 0 radical (unpaired) electrons. The third-order valence-electron chi connectivity index (χ3n) is 3.22. The van der Waals surface area contributed by atoms with Crippen LogP contribution in [0.25, 0.3) is 0 Å². The first-order valence-electron chi connectivity index (χ1n) is 5.98. The molecule has 1 aliphatic carbocycles. The monoisotopic (exact) mass is 242 g/mol. The van der Waals surface area contributed by atoms with Gasteiger partial charge in [0, 0.05) is 13.1 Å². The van der Waals surface area contributed by atoms with Crippen LogP contribution in [0.15, 0.2) is 0 Å². The third-order valence-corrected chi connectivity index (χ3v) is 3.22. The van der Waals surface area contributed by atoms with Crippen molar-refractivity contribution < 1.29 is 19.8 Å². The Morgan fingerprint density at radius 1 is 1.35 bits per heavy atom. The quantitative estimate of drug-likeness (QED) is 0.577. The van der Waals surface area contributed by atoms with Crippen LogP contribution in [0.4, 0.5) is 0 Å². The van der Waals surface area contributed by atoms with Gasteiger partial charge in [0.2, 0.25) is 5.91 Å². The van der Waals surface area contributed by atoms with Gasteiger partial charge in [-0.2, -0.15) is 0 Å². The number of nitrogens with one attached hydrogen (secondary N) is 1. The second-order valence-electron chi connectivity index (χ2n) is 4.91. The number of carbonyl (C=O) groups excluding carboxylic acids is 1. The minimum absolute atomic E-state index is 0.198. The fraction of sp³-hybridized carbons (Fsp3) is 0.818. The molecule has 2 atom stereocenters. The summed E-state index contributed by atoms with van der Waals surface area (Å²) in [7, 11) is 0. The number of hydrogen-bond acceptors (Lipinski definition) is 4. The van der Waals surface area contributed by atoms with Crippen molar-refractivity contribution in [2.45, 2.75) is 31.4 Å². The van der Waals surface area contributed by atoms with E-state index in [4.69, 9.17) is 5.11 Å². The summed E-state index contributed by atoms with van der Waals surface area (Å²) in [5.74, 6) is -0.724. The normalized spacial score (nSPS) is 28.1. The molecule has 1 heterocycles. The van der Waals surface area contributed by atoms with Crippen molar-refractivity contribution in [3.63, 3.8) is 0 Å². The number of nitrogens with zero attached hydrogens (tertiary/aromatic N) is 1. The summed E-state index contributed by atoms with van der Waals surface area (Å²) in [4.78, 5) is 24.2. The van der Waals surface area contributed by atoms with Gasteiger partial charge in [-0.25, -0.2) is 0 Å². The van der Waals surface area contributed by atoms with E-state index in [-0.39, 0.29) is 12.5 Å². The summed E-state index contributed by atoms with van der Waals surface area (Å²) in [5, 5.41) is 21.1. The number of aliphatic carboxylic acids is 1. The molecule has 0 bridgehead atoms. The van der Waals surface area contributed by atoms with Crippen LogP contribution in [-0.2, 0) is 9.59 Å². The smallest absolute Gasteiger partial charge is 0.323 e. The van der Waals surface area contributed by atoms with Crippen molar-refractivity contribution in [3.8, 4) is 0 Å². The van der Waals surface area contributed by atoms with Crippen LogP contribution in [-0.4, -0.2) is 58.8 Å². The molecule has 2 rings (SSSR count). The van der Waals surface area contributed by atoms with Crippen molar-refractivity contribution in [2.75, 3.05) is 19.6 Å². The summed E-state index contributed by atoms with van der Waals surface area (Å²) < 4.78 is 0. The molecule has 0 aromatic rings. The number of rotatable bonds is 5. The van der Waals surface area contributed by atoms with Gasteiger partial charge in [0.05, 0.1) is 12.1 Å². The molecule has 2 fully saturated rings. The number of carboxylic acids is 1. The van der Waals surface area contributed by atoms with Crippen LogP contribution < -0.4 is 5.32 Å². The molecule has 96 valence electrons. The van der Waals surface area contributed by atoms with Crippen LogP contribution in [0.2, 0.25) is 0 Å². The van der Waals surface area contributed by atoms with Gasteiger partial charge in [-0.05, 0) is 25.2 Å². The lowest BCUT2D eigenvalue weighted by Gasteiger charge is -2.23. The molecular weight excluding hydrogens is 224 g/mol. The Kier molecular flexibility index (Phi) is 3.63. The summed E-state index contributed by atoms with van der Waals surface area (Å²) in [5.41, 5.74) is 0. The highest BCUT2D eigenvalue weighted by atomic mass is 16.4. The average Bonchev–Trinajstić information content (AvgIpc) is 2.96. The molecule has 0 aromatic heterocycles. The topological polar surface area (TPSA) is 89.9 Å². The number of β-amino-alcohol motifs (C(OH)–C–C–N with tert-alkyl or cyclic N) is 1. The third kappa shape index (κ3) is 3.41. The predicted molar refractivity (Wildman–Crippen MR) is 59.4 cm³/mol. The largest absolute Gasteiger partial charge is 0.480 e. The number of aliphatic hydroxyl groups excluding tert-OH is 1. The van der Waals surface area contributed by atoms with Gasteiger partial charge in [-0.1, -0.05) is 0 Å². The first-order chi connectivity index (χ1) is 8.06. The predicted octanol–water partition coefficient (Wildman–Crippen LogP) is -0.968. The van der Waals surface area contributed by atoms with Crippen LogP contribution in [0, 0.1) is 5.92 Å². The Bertz CT molecular complexity index is 317. The lowest BCUT2D eigenvalue weighted by molar-refractivity contribution is -0.145. The van der Waals surface area contributed by atoms with Crippen LogP contribution in [0.3, 0.4) is 0 Å². The van der Waals surface area contributed by atoms with Gasteiger partial charge in [0.15, 0.2) is 0 Å². The highest BCUT2D eigenvalue weighted by Crippen LogP contribution is 2.30. The zero-order valence-electron chi connectivity index (χ0n) is 9.63. The van der Waals surface area contributed by atoms with Gasteiger partial charge < -0.3 is 20.4 Å². The second kappa shape index (κ2) is 5.01. The van der Waals surface area contributed by atoms with E-state index in [1.807, 2.05) is 0 Å². The lowest BCUT2D eigenvalue weighted by atomic mass is 10.1. The fourth-order valence-electron chi connectivity index (χ4n) is 2.13. The molecule has 17 heavy (non-hydrogen) atoms. The molecule has 2 unspecified atom stereocenters. The van der Waals surface area contributed by atoms with E-state index in [0.29, 0.717) is 25.4 Å². The minimum atomic E-state index is -0.988. The first-order valence-corrected chi connectivity index (χ1v) is 5.98. The number of hydrogen-bond donors (Lipinski definition) is 3. The van der Waals surface area contributed by atoms with Crippen LogP contribution in [0.1, 0.15) is 19.3 Å². The van der Waals surface area contributed by atoms with E-state index in [0.717, 1.165) is 12.8 Å². The van der Waals surface area contributed by atoms with E-state index in [9.17, 15) is 14.7 Å². The Balaban J connectivity index is 1.93. The number of aliphatic hydroxyl groups is 1. The zero-order valence-corrected chi connectivity index (χ0v) is 9.63. The lowest BCUT2D eigenvalue weighted by Crippen LogP contribution is -2.46. The Morgan fingerprint density at radius 2 is 2.06 bits per heavy atom. The summed E-state index contributed by atoms with van der Waals surface area (Å²) in [6.07, 6.45) is 2.02. The number of amides is 1. The standard InChI is InChI=1S/C11H18N2O4/c14-8-3-9(12-4-8)11(17)13(6-10(15)16)5-7-1-2-7/h7-9,12,14H,1-6H2,(H,15,16). The van der Waals surface area contributed by atoms with E-state index in [1.165, 1.54) is 4.90 Å². The maximum Gasteiger partial charge on any atom is 0.323 e. The van der Waals surface area contributed by atoms with Crippen molar-refractivity contribution in [1.29, 1.82) is 0 Å². The van der Waals surface area contributed by atoms with Crippen molar-refractivity contribution in [3.05, 3.63) is 0 Å².